The molecule has 0 aliphatic rings. The second-order valence-electron chi connectivity index (χ2n) is 5.91. The van der Waals surface area contributed by atoms with Gasteiger partial charge in [0.25, 0.3) is 0 Å². The van der Waals surface area contributed by atoms with Gasteiger partial charge in [-0.2, -0.15) is 0 Å². The fourth-order valence-electron chi connectivity index (χ4n) is 2.81. The Labute approximate surface area is 152 Å². The molecule has 3 rings (SSSR count). The lowest BCUT2D eigenvalue weighted by Crippen LogP contribution is -2.21. The molecule has 0 aliphatic heterocycles. The number of aliphatic hydroxyl groups excluding tert-OH is 1. The van der Waals surface area contributed by atoms with Gasteiger partial charge in [-0.1, -0.05) is 36.4 Å². The minimum Gasteiger partial charge on any atom is -0.492 e. The van der Waals surface area contributed by atoms with Crippen molar-refractivity contribution in [2.45, 2.75) is 20.1 Å². The van der Waals surface area contributed by atoms with Crippen LogP contribution in [0.4, 0.5) is 0 Å². The van der Waals surface area contributed by atoms with Crippen molar-refractivity contribution >= 4 is 11.3 Å². The monoisotopic (exact) mass is 353 g/mol. The molecule has 0 fully saturated rings. The number of thiophene rings is 1. The number of nitrogens with one attached hydrogen (secondary N) is 1. The van der Waals surface area contributed by atoms with E-state index in [-0.39, 0.29) is 6.61 Å². The number of aryl methyl sites for hydroxylation is 1. The van der Waals surface area contributed by atoms with Crippen molar-refractivity contribution in [2.24, 2.45) is 0 Å². The molecule has 2 aromatic carbocycles. The Morgan fingerprint density at radius 2 is 1.92 bits per heavy atom. The summed E-state index contributed by atoms with van der Waals surface area (Å²) in [5.41, 5.74) is 4.74. The van der Waals surface area contributed by atoms with Crippen LogP contribution in [0.2, 0.25) is 0 Å². The van der Waals surface area contributed by atoms with E-state index in [1.165, 1.54) is 16.7 Å². The van der Waals surface area contributed by atoms with Crippen LogP contribution in [0.3, 0.4) is 0 Å². The van der Waals surface area contributed by atoms with Crippen LogP contribution in [-0.4, -0.2) is 18.3 Å². The smallest absolute Gasteiger partial charge is 0.119 e. The van der Waals surface area contributed by atoms with E-state index in [1.807, 2.05) is 29.6 Å². The second kappa shape index (κ2) is 8.81. The number of benzene rings is 2. The van der Waals surface area contributed by atoms with E-state index in [0.717, 1.165) is 29.3 Å². The van der Waals surface area contributed by atoms with Gasteiger partial charge in [-0.15, -0.1) is 11.3 Å². The van der Waals surface area contributed by atoms with Crippen molar-refractivity contribution in [3.63, 3.8) is 0 Å². The molecule has 1 heterocycles. The summed E-state index contributed by atoms with van der Waals surface area (Å²) in [5, 5.41) is 15.0. The lowest BCUT2D eigenvalue weighted by atomic mass is 10.0. The number of hydrogen-bond acceptors (Lipinski definition) is 4. The van der Waals surface area contributed by atoms with Gasteiger partial charge in [-0.05, 0) is 52.8 Å². The Kier molecular flexibility index (Phi) is 6.23. The lowest BCUT2D eigenvalue weighted by Gasteiger charge is -2.12. The van der Waals surface area contributed by atoms with Crippen molar-refractivity contribution in [2.75, 3.05) is 13.2 Å². The Balaban J connectivity index is 1.55. The van der Waals surface area contributed by atoms with Crippen molar-refractivity contribution in [3.8, 4) is 16.9 Å². The van der Waals surface area contributed by atoms with Crippen LogP contribution in [-0.2, 0) is 13.2 Å². The largest absolute Gasteiger partial charge is 0.492 e. The Hall–Kier alpha value is -2.14. The van der Waals surface area contributed by atoms with Gasteiger partial charge in [0.2, 0.25) is 0 Å². The van der Waals surface area contributed by atoms with Crippen molar-refractivity contribution < 1.29 is 9.84 Å². The minimum absolute atomic E-state index is 0.0824. The first-order valence-electron chi connectivity index (χ1n) is 8.43. The van der Waals surface area contributed by atoms with Crippen LogP contribution in [0, 0.1) is 6.92 Å². The Morgan fingerprint density at radius 1 is 1.04 bits per heavy atom. The van der Waals surface area contributed by atoms with Gasteiger partial charge in [0.1, 0.15) is 12.4 Å². The van der Waals surface area contributed by atoms with Crippen LogP contribution in [0.25, 0.3) is 11.1 Å². The van der Waals surface area contributed by atoms with E-state index in [1.54, 1.807) is 11.3 Å². The highest BCUT2D eigenvalue weighted by Gasteiger charge is 2.09. The summed E-state index contributed by atoms with van der Waals surface area (Å²) >= 11 is 1.59. The average molecular weight is 353 g/mol. The van der Waals surface area contributed by atoms with Crippen LogP contribution >= 0.6 is 11.3 Å². The maximum Gasteiger partial charge on any atom is 0.119 e. The van der Waals surface area contributed by atoms with E-state index < -0.39 is 0 Å². The number of ether oxygens (including phenoxy) is 1. The lowest BCUT2D eigenvalue weighted by molar-refractivity contribution is 0.286. The highest BCUT2D eigenvalue weighted by Crippen LogP contribution is 2.30. The molecule has 25 heavy (non-hydrogen) atoms. The van der Waals surface area contributed by atoms with Crippen LogP contribution in [0.1, 0.15) is 16.0 Å². The highest BCUT2D eigenvalue weighted by molar-refractivity contribution is 7.10. The van der Waals surface area contributed by atoms with Gasteiger partial charge in [-0.25, -0.2) is 0 Å². The molecule has 0 saturated heterocycles. The van der Waals surface area contributed by atoms with Crippen molar-refractivity contribution in [3.05, 3.63) is 76.0 Å². The molecule has 2 N–H and O–H groups in total. The highest BCUT2D eigenvalue weighted by atomic mass is 32.1. The minimum atomic E-state index is 0.0824. The number of rotatable bonds is 8. The van der Waals surface area contributed by atoms with Gasteiger partial charge in [0.05, 0.1) is 6.61 Å². The molecule has 130 valence electrons. The van der Waals surface area contributed by atoms with Crippen LogP contribution in [0.5, 0.6) is 5.75 Å². The predicted molar refractivity (Wildman–Crippen MR) is 104 cm³/mol. The third kappa shape index (κ3) is 4.69. The first-order valence-corrected chi connectivity index (χ1v) is 9.31. The molecule has 0 radical (unpaired) electrons. The summed E-state index contributed by atoms with van der Waals surface area (Å²) in [4.78, 5) is 1.01. The Morgan fingerprint density at radius 3 is 2.76 bits per heavy atom. The molecular weight excluding hydrogens is 330 g/mol. The molecule has 0 spiro atoms. The molecule has 0 bridgehead atoms. The molecule has 0 saturated carbocycles. The van der Waals surface area contributed by atoms with Gasteiger partial charge in [0.15, 0.2) is 0 Å². The Bertz CT molecular complexity index is 813. The first kappa shape index (κ1) is 17.7. The maximum absolute atomic E-state index is 9.51. The molecule has 3 aromatic rings. The van der Waals surface area contributed by atoms with Crippen LogP contribution < -0.4 is 10.1 Å². The number of aliphatic hydroxyl groups is 1. The zero-order chi connectivity index (χ0) is 17.5. The maximum atomic E-state index is 9.51. The fraction of sp³-hybridized carbons (Fsp3) is 0.238. The summed E-state index contributed by atoms with van der Waals surface area (Å²) in [5.74, 6) is 0.910. The summed E-state index contributed by atoms with van der Waals surface area (Å²) in [6.07, 6.45) is 0. The fourth-order valence-corrected chi connectivity index (χ4v) is 3.56. The molecular formula is C21H23NO2S. The first-order chi connectivity index (χ1) is 12.3. The van der Waals surface area contributed by atoms with Gasteiger partial charge in [-0.3, -0.25) is 0 Å². The van der Waals surface area contributed by atoms with E-state index >= 15 is 0 Å². The zero-order valence-corrected chi connectivity index (χ0v) is 15.2. The molecule has 0 aliphatic carbocycles. The predicted octanol–water partition coefficient (Wildman–Crippen LogP) is 4.38. The third-order valence-electron chi connectivity index (χ3n) is 4.05. The molecule has 0 amide bonds. The van der Waals surface area contributed by atoms with Crippen LogP contribution in [0.15, 0.2) is 60.0 Å². The molecule has 1 aromatic heterocycles. The third-order valence-corrected chi connectivity index (χ3v) is 4.95. The summed E-state index contributed by atoms with van der Waals surface area (Å²) in [6.45, 7) is 4.32. The molecule has 3 nitrogen and oxygen atoms in total. The number of hydrogen-bond donors (Lipinski definition) is 2. The molecule has 4 heteroatoms. The normalized spacial score (nSPS) is 10.8. The summed E-state index contributed by atoms with van der Waals surface area (Å²) in [6, 6.07) is 18.5. The molecule has 0 unspecified atom stereocenters. The van der Waals surface area contributed by atoms with E-state index in [2.05, 4.69) is 42.6 Å². The topological polar surface area (TPSA) is 41.5 Å². The summed E-state index contributed by atoms with van der Waals surface area (Å²) < 4.78 is 5.77. The van der Waals surface area contributed by atoms with E-state index in [9.17, 15) is 5.11 Å². The van der Waals surface area contributed by atoms with Crippen molar-refractivity contribution in [1.29, 1.82) is 0 Å². The van der Waals surface area contributed by atoms with Gasteiger partial charge in [0, 0.05) is 18.0 Å². The summed E-state index contributed by atoms with van der Waals surface area (Å²) in [7, 11) is 0. The quantitative estimate of drug-likeness (QED) is 0.590. The zero-order valence-electron chi connectivity index (χ0n) is 14.4. The van der Waals surface area contributed by atoms with E-state index in [0.29, 0.717) is 6.61 Å². The SMILES string of the molecule is Cc1cccc(OCCNCc2ccccc2-c2ccsc2CO)c1. The van der Waals surface area contributed by atoms with Crippen molar-refractivity contribution in [1.82, 2.24) is 5.32 Å². The van der Waals surface area contributed by atoms with Gasteiger partial charge >= 0.3 is 0 Å². The standard InChI is InChI=1S/C21H23NO2S/c1-16-5-4-7-18(13-16)24-11-10-22-14-17-6-2-3-8-19(17)20-9-12-25-21(20)15-23/h2-9,12-13,22-23H,10-11,14-15H2,1H3. The molecule has 0 atom stereocenters. The van der Waals surface area contributed by atoms with Gasteiger partial charge < -0.3 is 15.2 Å². The average Bonchev–Trinajstić information content (AvgIpc) is 3.10. The second-order valence-corrected chi connectivity index (χ2v) is 6.92. The van der Waals surface area contributed by atoms with E-state index in [4.69, 9.17) is 4.74 Å².